The standard InChI is InChI=1S/C31H32N4O5/c1-30(2,3)40-29(38)33-31(4,18-20-11-7-6-8-12-20)28-35-34-26(39-28)23-15-22(16-24(17-23)27(36)37)25-14-10-9-13-21(25)19-32-5/h6-17H,5,18-19H2,1-4H3,(H,33,38)(H,36,37)/t31-/m1/s1. The molecule has 40 heavy (non-hydrogen) atoms. The third-order valence-electron chi connectivity index (χ3n) is 6.11. The lowest BCUT2D eigenvalue weighted by molar-refractivity contribution is 0.0443. The monoisotopic (exact) mass is 540 g/mol. The van der Waals surface area contributed by atoms with Crippen LogP contribution in [-0.2, 0) is 23.2 Å². The van der Waals surface area contributed by atoms with Crippen molar-refractivity contribution in [3.63, 3.8) is 0 Å². The molecule has 1 atom stereocenters. The zero-order valence-corrected chi connectivity index (χ0v) is 23.0. The smallest absolute Gasteiger partial charge is 0.408 e. The lowest BCUT2D eigenvalue weighted by Gasteiger charge is -2.29. The minimum atomic E-state index is -1.12. The number of alkyl carbamates (subject to hydrolysis) is 1. The van der Waals surface area contributed by atoms with Gasteiger partial charge in [-0.2, -0.15) is 0 Å². The van der Waals surface area contributed by atoms with Gasteiger partial charge < -0.3 is 19.6 Å². The summed E-state index contributed by atoms with van der Waals surface area (Å²) in [4.78, 5) is 28.8. The molecule has 0 aliphatic heterocycles. The van der Waals surface area contributed by atoms with Gasteiger partial charge in [0.1, 0.15) is 11.1 Å². The summed E-state index contributed by atoms with van der Waals surface area (Å²) in [6.07, 6.45) is -0.287. The number of carboxylic acids is 1. The lowest BCUT2D eigenvalue weighted by Crippen LogP contribution is -2.47. The molecule has 3 aromatic carbocycles. The predicted octanol–water partition coefficient (Wildman–Crippen LogP) is 6.29. The Bertz CT molecular complexity index is 1520. The van der Waals surface area contributed by atoms with Gasteiger partial charge in [0.05, 0.1) is 12.1 Å². The average Bonchev–Trinajstić information content (AvgIpc) is 3.40. The van der Waals surface area contributed by atoms with E-state index in [1.165, 1.54) is 6.07 Å². The molecule has 2 N–H and O–H groups in total. The number of ether oxygens (including phenoxy) is 1. The van der Waals surface area contributed by atoms with E-state index in [0.717, 1.165) is 16.7 Å². The van der Waals surface area contributed by atoms with Crippen LogP contribution in [0.3, 0.4) is 0 Å². The highest BCUT2D eigenvalue weighted by atomic mass is 16.6. The molecule has 9 heteroatoms. The molecule has 9 nitrogen and oxygen atoms in total. The third-order valence-corrected chi connectivity index (χ3v) is 6.11. The first kappa shape index (κ1) is 28.2. The summed E-state index contributed by atoms with van der Waals surface area (Å²) in [5.41, 5.74) is 1.97. The highest BCUT2D eigenvalue weighted by Crippen LogP contribution is 2.33. The number of rotatable bonds is 9. The molecule has 4 aromatic rings. The van der Waals surface area contributed by atoms with E-state index in [1.807, 2.05) is 54.6 Å². The minimum absolute atomic E-state index is 0.0625. The second-order valence-electron chi connectivity index (χ2n) is 10.7. The molecular formula is C31H32N4O5. The van der Waals surface area contributed by atoms with Crippen molar-refractivity contribution >= 4 is 18.8 Å². The molecule has 0 spiro atoms. The van der Waals surface area contributed by atoms with E-state index >= 15 is 0 Å². The van der Waals surface area contributed by atoms with Crippen LogP contribution in [0.5, 0.6) is 0 Å². The van der Waals surface area contributed by atoms with Crippen LogP contribution in [0.15, 0.2) is 82.2 Å². The molecule has 0 aliphatic rings. The van der Waals surface area contributed by atoms with Crippen LogP contribution in [0.25, 0.3) is 22.6 Å². The molecule has 206 valence electrons. The summed E-state index contributed by atoms with van der Waals surface area (Å²) in [6.45, 7) is 11.1. The molecule has 0 saturated carbocycles. The van der Waals surface area contributed by atoms with Crippen molar-refractivity contribution in [1.82, 2.24) is 15.5 Å². The molecule has 0 unspecified atom stereocenters. The molecule has 0 aliphatic carbocycles. The number of aromatic nitrogens is 2. The molecule has 1 amide bonds. The predicted molar refractivity (Wildman–Crippen MR) is 152 cm³/mol. The first-order chi connectivity index (χ1) is 19.0. The van der Waals surface area contributed by atoms with Gasteiger partial charge in [0.15, 0.2) is 0 Å². The fourth-order valence-electron chi connectivity index (χ4n) is 4.36. The fraction of sp³-hybridized carbons (Fsp3) is 0.258. The topological polar surface area (TPSA) is 127 Å². The van der Waals surface area contributed by atoms with Gasteiger partial charge in [0.2, 0.25) is 11.8 Å². The Kier molecular flexibility index (Phi) is 8.13. The second-order valence-corrected chi connectivity index (χ2v) is 10.7. The molecule has 1 aromatic heterocycles. The number of hydrogen-bond acceptors (Lipinski definition) is 7. The Labute approximate surface area is 232 Å². The number of carboxylic acid groups (broad SMARTS) is 1. The maximum absolute atomic E-state index is 12.8. The van der Waals surface area contributed by atoms with Gasteiger partial charge >= 0.3 is 12.1 Å². The summed E-state index contributed by atoms with van der Waals surface area (Å²) in [7, 11) is 0. The third kappa shape index (κ3) is 6.79. The normalized spacial score (nSPS) is 12.8. The van der Waals surface area contributed by atoms with Gasteiger partial charge in [0, 0.05) is 12.0 Å². The van der Waals surface area contributed by atoms with Gasteiger partial charge in [0.25, 0.3) is 0 Å². The van der Waals surface area contributed by atoms with E-state index in [9.17, 15) is 14.7 Å². The molecule has 1 heterocycles. The van der Waals surface area contributed by atoms with Crippen LogP contribution in [0.4, 0.5) is 4.79 Å². The van der Waals surface area contributed by atoms with E-state index in [1.54, 1.807) is 39.8 Å². The average molecular weight is 541 g/mol. The number of benzene rings is 3. The fourth-order valence-corrected chi connectivity index (χ4v) is 4.36. The number of aromatic carboxylic acids is 1. The Morgan fingerprint density at radius 3 is 2.33 bits per heavy atom. The number of carbonyl (C=O) groups excluding carboxylic acids is 1. The number of hydrogen-bond donors (Lipinski definition) is 2. The summed E-state index contributed by atoms with van der Waals surface area (Å²) in [5, 5.41) is 21.3. The Balaban J connectivity index is 1.77. The van der Waals surface area contributed by atoms with E-state index in [-0.39, 0.29) is 17.3 Å². The summed E-state index contributed by atoms with van der Waals surface area (Å²) < 4.78 is 11.6. The summed E-state index contributed by atoms with van der Waals surface area (Å²) in [5.74, 6) is -0.831. The van der Waals surface area contributed by atoms with Crippen LogP contribution in [-0.4, -0.2) is 39.7 Å². The van der Waals surface area contributed by atoms with Gasteiger partial charge in [-0.05, 0) is 74.9 Å². The number of nitrogens with zero attached hydrogens (tertiary/aromatic N) is 3. The zero-order chi connectivity index (χ0) is 28.9. The lowest BCUT2D eigenvalue weighted by atomic mass is 9.92. The molecule has 0 bridgehead atoms. The second kappa shape index (κ2) is 11.5. The van der Waals surface area contributed by atoms with Gasteiger partial charge in [-0.15, -0.1) is 10.2 Å². The highest BCUT2D eigenvalue weighted by Gasteiger charge is 2.36. The molecule has 0 radical (unpaired) electrons. The van der Waals surface area contributed by atoms with Crippen LogP contribution in [0.1, 0.15) is 55.1 Å². The van der Waals surface area contributed by atoms with Crippen molar-refractivity contribution in [2.24, 2.45) is 4.99 Å². The zero-order valence-electron chi connectivity index (χ0n) is 23.0. The van der Waals surface area contributed by atoms with E-state index in [2.05, 4.69) is 27.2 Å². The first-order valence-corrected chi connectivity index (χ1v) is 12.8. The minimum Gasteiger partial charge on any atom is -0.478 e. The SMILES string of the molecule is C=NCc1ccccc1-c1cc(C(=O)O)cc(-c2nnc([C@@](C)(Cc3ccccc3)NC(=O)OC(C)(C)C)o2)c1. The van der Waals surface area contributed by atoms with Crippen molar-refractivity contribution in [3.05, 3.63) is 95.4 Å². The summed E-state index contributed by atoms with van der Waals surface area (Å²) in [6, 6.07) is 22.0. The van der Waals surface area contributed by atoms with Gasteiger partial charge in [-0.25, -0.2) is 9.59 Å². The molecular weight excluding hydrogens is 508 g/mol. The largest absolute Gasteiger partial charge is 0.478 e. The van der Waals surface area contributed by atoms with Crippen molar-refractivity contribution < 1.29 is 23.8 Å². The van der Waals surface area contributed by atoms with Crippen molar-refractivity contribution in [2.75, 3.05) is 0 Å². The highest BCUT2D eigenvalue weighted by molar-refractivity contribution is 5.91. The van der Waals surface area contributed by atoms with Crippen LogP contribution < -0.4 is 5.32 Å². The Morgan fingerprint density at radius 1 is 0.975 bits per heavy atom. The van der Waals surface area contributed by atoms with Crippen molar-refractivity contribution in [3.8, 4) is 22.6 Å². The van der Waals surface area contributed by atoms with Crippen LogP contribution in [0, 0.1) is 0 Å². The van der Waals surface area contributed by atoms with Crippen molar-refractivity contribution in [1.29, 1.82) is 0 Å². The first-order valence-electron chi connectivity index (χ1n) is 12.8. The van der Waals surface area contributed by atoms with E-state index in [4.69, 9.17) is 9.15 Å². The van der Waals surface area contributed by atoms with Crippen LogP contribution in [0.2, 0.25) is 0 Å². The van der Waals surface area contributed by atoms with Gasteiger partial charge in [-0.3, -0.25) is 4.99 Å². The van der Waals surface area contributed by atoms with Gasteiger partial charge in [-0.1, -0.05) is 54.6 Å². The number of carbonyl (C=O) groups is 2. The van der Waals surface area contributed by atoms with E-state index in [0.29, 0.717) is 24.1 Å². The van der Waals surface area contributed by atoms with E-state index < -0.39 is 23.2 Å². The quantitative estimate of drug-likeness (QED) is 0.239. The summed E-state index contributed by atoms with van der Waals surface area (Å²) >= 11 is 0. The Morgan fingerprint density at radius 2 is 1.65 bits per heavy atom. The van der Waals surface area contributed by atoms with Crippen LogP contribution >= 0.6 is 0 Å². The number of amides is 1. The molecule has 0 saturated heterocycles. The van der Waals surface area contributed by atoms with Crippen molar-refractivity contribution in [2.45, 2.75) is 51.8 Å². The molecule has 4 rings (SSSR count). The number of aliphatic imine (C=N–C) groups is 1. The Hall–Kier alpha value is -4.79. The maximum Gasteiger partial charge on any atom is 0.408 e. The maximum atomic E-state index is 12.8. The molecule has 0 fully saturated rings. The number of nitrogens with one attached hydrogen (secondary N) is 1.